The van der Waals surface area contributed by atoms with E-state index >= 15 is 0 Å². The Balaban J connectivity index is 2.18. The summed E-state index contributed by atoms with van der Waals surface area (Å²) in [6, 6.07) is 8.07. The zero-order chi connectivity index (χ0) is 11.5. The number of aryl methyl sites for hydroxylation is 1. The van der Waals surface area contributed by atoms with Crippen molar-refractivity contribution in [2.75, 3.05) is 0 Å². The highest BCUT2D eigenvalue weighted by Gasteiger charge is 2.13. The summed E-state index contributed by atoms with van der Waals surface area (Å²) in [7, 11) is 0. The maximum atomic E-state index is 13.4. The third-order valence-corrected chi connectivity index (χ3v) is 2.54. The van der Waals surface area contributed by atoms with Crippen LogP contribution in [-0.2, 0) is 6.54 Å². The Bertz CT molecular complexity index is 481. The first-order valence-electron chi connectivity index (χ1n) is 5.09. The van der Waals surface area contributed by atoms with Crippen LogP contribution in [0.5, 0.6) is 0 Å². The first kappa shape index (κ1) is 10.8. The molecule has 1 aromatic carbocycles. The van der Waals surface area contributed by atoms with Gasteiger partial charge < -0.3 is 5.11 Å². The second-order valence-electron chi connectivity index (χ2n) is 3.69. The van der Waals surface area contributed by atoms with E-state index in [2.05, 4.69) is 5.10 Å². The topological polar surface area (TPSA) is 38.0 Å². The van der Waals surface area contributed by atoms with Gasteiger partial charge in [0.25, 0.3) is 0 Å². The van der Waals surface area contributed by atoms with E-state index in [1.807, 2.05) is 13.0 Å². The third-order valence-electron chi connectivity index (χ3n) is 2.54. The fourth-order valence-corrected chi connectivity index (χ4v) is 1.60. The van der Waals surface area contributed by atoms with Crippen molar-refractivity contribution < 1.29 is 9.50 Å². The molecule has 0 amide bonds. The van der Waals surface area contributed by atoms with Crippen LogP contribution in [-0.4, -0.2) is 14.9 Å². The Morgan fingerprint density at radius 1 is 1.38 bits per heavy atom. The highest BCUT2D eigenvalue weighted by molar-refractivity contribution is 5.19. The molecule has 1 aromatic heterocycles. The molecule has 0 aliphatic heterocycles. The van der Waals surface area contributed by atoms with E-state index in [0.717, 1.165) is 5.69 Å². The molecule has 84 valence electrons. The number of hydrogen-bond acceptors (Lipinski definition) is 2. The lowest BCUT2D eigenvalue weighted by Crippen LogP contribution is -2.12. The Hall–Kier alpha value is -1.68. The molecule has 0 bridgehead atoms. The van der Waals surface area contributed by atoms with Crippen LogP contribution in [0.4, 0.5) is 4.39 Å². The van der Waals surface area contributed by atoms with Crippen LogP contribution in [0, 0.1) is 12.7 Å². The van der Waals surface area contributed by atoms with Gasteiger partial charge in [-0.05, 0) is 19.1 Å². The number of aliphatic hydroxyl groups is 1. The molecular weight excluding hydrogens is 207 g/mol. The van der Waals surface area contributed by atoms with Crippen molar-refractivity contribution in [2.45, 2.75) is 19.6 Å². The molecule has 0 fully saturated rings. The predicted molar refractivity (Wildman–Crippen MR) is 58.3 cm³/mol. The lowest BCUT2D eigenvalue weighted by molar-refractivity contribution is 0.146. The smallest absolute Gasteiger partial charge is 0.129 e. The maximum Gasteiger partial charge on any atom is 0.129 e. The van der Waals surface area contributed by atoms with Gasteiger partial charge in [-0.15, -0.1) is 0 Å². The summed E-state index contributed by atoms with van der Waals surface area (Å²) in [6.07, 6.45) is 0.781. The van der Waals surface area contributed by atoms with Crippen LogP contribution in [0.3, 0.4) is 0 Å². The zero-order valence-corrected chi connectivity index (χ0v) is 8.97. The Labute approximate surface area is 93.2 Å². The monoisotopic (exact) mass is 220 g/mol. The summed E-state index contributed by atoms with van der Waals surface area (Å²) < 4.78 is 15.0. The van der Waals surface area contributed by atoms with Gasteiger partial charge in [-0.1, -0.05) is 18.2 Å². The minimum absolute atomic E-state index is 0.264. The predicted octanol–water partition coefficient (Wildman–Crippen LogP) is 2.06. The number of nitrogens with zero attached hydrogens (tertiary/aromatic N) is 2. The maximum absolute atomic E-state index is 13.4. The average Bonchev–Trinajstić information content (AvgIpc) is 2.65. The Kier molecular flexibility index (Phi) is 3.01. The summed E-state index contributed by atoms with van der Waals surface area (Å²) >= 11 is 0. The SMILES string of the molecule is Cc1ccnn1CC(O)c1ccccc1F. The van der Waals surface area contributed by atoms with Crippen molar-refractivity contribution in [3.8, 4) is 0 Å². The summed E-state index contributed by atoms with van der Waals surface area (Å²) in [5.41, 5.74) is 1.24. The van der Waals surface area contributed by atoms with Gasteiger partial charge in [-0.3, -0.25) is 4.68 Å². The first-order valence-corrected chi connectivity index (χ1v) is 5.09. The molecule has 16 heavy (non-hydrogen) atoms. The molecule has 0 aliphatic carbocycles. The normalized spacial score (nSPS) is 12.7. The molecule has 1 heterocycles. The third kappa shape index (κ3) is 2.12. The van der Waals surface area contributed by atoms with Gasteiger partial charge >= 0.3 is 0 Å². The van der Waals surface area contributed by atoms with E-state index in [0.29, 0.717) is 5.56 Å². The first-order chi connectivity index (χ1) is 7.68. The van der Waals surface area contributed by atoms with E-state index in [9.17, 15) is 9.50 Å². The summed E-state index contributed by atoms with van der Waals surface area (Å²) in [5.74, 6) is -0.389. The average molecular weight is 220 g/mol. The number of hydrogen-bond donors (Lipinski definition) is 1. The molecule has 0 radical (unpaired) electrons. The van der Waals surface area contributed by atoms with E-state index < -0.39 is 6.10 Å². The number of halogens is 1. The number of aromatic nitrogens is 2. The highest BCUT2D eigenvalue weighted by atomic mass is 19.1. The molecule has 1 N–H and O–H groups in total. The van der Waals surface area contributed by atoms with Crippen molar-refractivity contribution in [2.24, 2.45) is 0 Å². The molecule has 0 saturated heterocycles. The van der Waals surface area contributed by atoms with Gasteiger partial charge in [-0.25, -0.2) is 4.39 Å². The zero-order valence-electron chi connectivity index (χ0n) is 8.97. The van der Waals surface area contributed by atoms with Crippen molar-refractivity contribution in [1.29, 1.82) is 0 Å². The minimum atomic E-state index is -0.875. The van der Waals surface area contributed by atoms with Crippen LogP contribution in [0.15, 0.2) is 36.5 Å². The Morgan fingerprint density at radius 3 is 2.75 bits per heavy atom. The van der Waals surface area contributed by atoms with Crippen LogP contribution < -0.4 is 0 Å². The van der Waals surface area contributed by atoms with E-state index in [-0.39, 0.29) is 12.4 Å². The molecular formula is C12H13FN2O. The lowest BCUT2D eigenvalue weighted by Gasteiger charge is -2.13. The van der Waals surface area contributed by atoms with Gasteiger partial charge in [0.2, 0.25) is 0 Å². The van der Waals surface area contributed by atoms with Crippen LogP contribution in [0.25, 0.3) is 0 Å². The largest absolute Gasteiger partial charge is 0.386 e. The molecule has 3 nitrogen and oxygen atoms in total. The highest BCUT2D eigenvalue weighted by Crippen LogP contribution is 2.18. The number of rotatable bonds is 3. The fraction of sp³-hybridized carbons (Fsp3) is 0.250. The van der Waals surface area contributed by atoms with Crippen LogP contribution in [0.2, 0.25) is 0 Å². The number of aliphatic hydroxyl groups excluding tert-OH is 1. The molecule has 2 aromatic rings. The second-order valence-corrected chi connectivity index (χ2v) is 3.69. The molecule has 4 heteroatoms. The molecule has 0 spiro atoms. The van der Waals surface area contributed by atoms with E-state index in [1.54, 1.807) is 29.1 Å². The van der Waals surface area contributed by atoms with Crippen LogP contribution >= 0.6 is 0 Å². The number of benzene rings is 1. The second kappa shape index (κ2) is 4.45. The summed E-state index contributed by atoms with van der Waals surface area (Å²) in [6.45, 7) is 2.15. The molecule has 0 aliphatic rings. The standard InChI is InChI=1S/C12H13FN2O/c1-9-6-7-14-15(9)8-12(16)10-4-2-3-5-11(10)13/h2-7,12,16H,8H2,1H3. The molecule has 0 saturated carbocycles. The molecule has 1 atom stereocenters. The summed E-state index contributed by atoms with van der Waals surface area (Å²) in [4.78, 5) is 0. The van der Waals surface area contributed by atoms with Crippen molar-refractivity contribution in [1.82, 2.24) is 9.78 Å². The van der Waals surface area contributed by atoms with E-state index in [4.69, 9.17) is 0 Å². The summed E-state index contributed by atoms with van der Waals surface area (Å²) in [5, 5.41) is 13.9. The van der Waals surface area contributed by atoms with Crippen molar-refractivity contribution in [3.63, 3.8) is 0 Å². The Morgan fingerprint density at radius 2 is 2.12 bits per heavy atom. The molecule has 1 unspecified atom stereocenters. The quantitative estimate of drug-likeness (QED) is 0.859. The van der Waals surface area contributed by atoms with E-state index in [1.165, 1.54) is 6.07 Å². The van der Waals surface area contributed by atoms with Crippen molar-refractivity contribution in [3.05, 3.63) is 53.6 Å². The minimum Gasteiger partial charge on any atom is -0.386 e. The van der Waals surface area contributed by atoms with Gasteiger partial charge in [0.1, 0.15) is 11.9 Å². The molecule has 2 rings (SSSR count). The lowest BCUT2D eigenvalue weighted by atomic mass is 10.1. The van der Waals surface area contributed by atoms with Gasteiger partial charge in [-0.2, -0.15) is 5.10 Å². The van der Waals surface area contributed by atoms with Crippen molar-refractivity contribution >= 4 is 0 Å². The fourth-order valence-electron chi connectivity index (χ4n) is 1.60. The van der Waals surface area contributed by atoms with Gasteiger partial charge in [0.15, 0.2) is 0 Å². The van der Waals surface area contributed by atoms with Crippen LogP contribution in [0.1, 0.15) is 17.4 Å². The van der Waals surface area contributed by atoms with Gasteiger partial charge in [0.05, 0.1) is 6.54 Å². The van der Waals surface area contributed by atoms with Gasteiger partial charge in [0, 0.05) is 17.5 Å².